The van der Waals surface area contributed by atoms with Gasteiger partial charge in [-0.15, -0.1) is 11.3 Å². The predicted octanol–water partition coefficient (Wildman–Crippen LogP) is 4.43. The molecule has 0 saturated heterocycles. The summed E-state index contributed by atoms with van der Waals surface area (Å²) in [5.41, 5.74) is 8.31. The zero-order valence-electron chi connectivity index (χ0n) is 13.2. The number of carbonyl (C=O) groups is 1. The van der Waals surface area contributed by atoms with Crippen molar-refractivity contribution < 1.29 is 4.79 Å². The number of ketones is 1. The molecule has 2 fully saturated rings. The van der Waals surface area contributed by atoms with Crippen molar-refractivity contribution in [3.63, 3.8) is 0 Å². The maximum absolute atomic E-state index is 11.8. The molecule has 3 nitrogen and oxygen atoms in total. The lowest BCUT2D eigenvalue weighted by Crippen LogP contribution is -2.26. The standard InChI is InChI=1S/C17H26N2OS/c1-11(20)16-15(18)14(13-8-9-13)17(21-16)19(2)10-12-6-4-3-5-7-12/h12-13H,3-10,18H2,1-2H3. The Morgan fingerprint density at radius 3 is 2.48 bits per heavy atom. The first-order chi connectivity index (χ1) is 10.1. The molecule has 0 aromatic carbocycles. The van der Waals surface area contributed by atoms with E-state index in [9.17, 15) is 4.79 Å². The van der Waals surface area contributed by atoms with Gasteiger partial charge in [0, 0.05) is 26.1 Å². The Hall–Kier alpha value is -1.03. The van der Waals surface area contributed by atoms with Crippen LogP contribution in [-0.2, 0) is 0 Å². The van der Waals surface area contributed by atoms with Crippen molar-refractivity contribution in [1.29, 1.82) is 0 Å². The molecule has 0 aliphatic heterocycles. The van der Waals surface area contributed by atoms with E-state index in [0.717, 1.165) is 23.0 Å². The van der Waals surface area contributed by atoms with Crippen LogP contribution in [0.3, 0.4) is 0 Å². The number of thiophene rings is 1. The van der Waals surface area contributed by atoms with Gasteiger partial charge in [0.25, 0.3) is 0 Å². The van der Waals surface area contributed by atoms with Gasteiger partial charge < -0.3 is 10.6 Å². The largest absolute Gasteiger partial charge is 0.397 e. The number of hydrogen-bond acceptors (Lipinski definition) is 4. The van der Waals surface area contributed by atoms with Gasteiger partial charge >= 0.3 is 0 Å². The smallest absolute Gasteiger partial charge is 0.171 e. The van der Waals surface area contributed by atoms with E-state index in [1.165, 1.54) is 55.5 Å². The van der Waals surface area contributed by atoms with Crippen molar-refractivity contribution in [1.82, 2.24) is 0 Å². The minimum atomic E-state index is 0.108. The molecule has 4 heteroatoms. The van der Waals surface area contributed by atoms with E-state index in [1.807, 2.05) is 0 Å². The summed E-state index contributed by atoms with van der Waals surface area (Å²) >= 11 is 1.61. The van der Waals surface area contributed by atoms with E-state index in [2.05, 4.69) is 11.9 Å². The first kappa shape index (κ1) is 14.9. The number of Topliss-reactive ketones (excluding diaryl/α,β-unsaturated/α-hetero) is 1. The number of hydrogen-bond donors (Lipinski definition) is 1. The number of rotatable bonds is 5. The normalized spacial score (nSPS) is 19.7. The summed E-state index contributed by atoms with van der Waals surface area (Å²) in [5, 5.41) is 1.26. The molecule has 0 atom stereocenters. The molecule has 1 aromatic rings. The second-order valence-corrected chi connectivity index (χ2v) is 7.78. The highest BCUT2D eigenvalue weighted by Crippen LogP contribution is 2.52. The van der Waals surface area contributed by atoms with Crippen LogP contribution in [0.5, 0.6) is 0 Å². The average molecular weight is 306 g/mol. The molecule has 0 unspecified atom stereocenters. The molecule has 3 rings (SSSR count). The zero-order valence-corrected chi connectivity index (χ0v) is 14.0. The molecule has 2 saturated carbocycles. The summed E-state index contributed by atoms with van der Waals surface area (Å²) in [4.78, 5) is 14.9. The summed E-state index contributed by atoms with van der Waals surface area (Å²) in [6, 6.07) is 0. The van der Waals surface area contributed by atoms with Gasteiger partial charge in [-0.05, 0) is 37.5 Å². The van der Waals surface area contributed by atoms with Gasteiger partial charge in [-0.25, -0.2) is 0 Å². The molecule has 2 aliphatic rings. The van der Waals surface area contributed by atoms with Gasteiger partial charge in [0.2, 0.25) is 0 Å². The highest BCUT2D eigenvalue weighted by atomic mass is 32.1. The van der Waals surface area contributed by atoms with Gasteiger partial charge in [0.1, 0.15) is 0 Å². The Labute approximate surface area is 131 Å². The molecule has 2 N–H and O–H groups in total. The van der Waals surface area contributed by atoms with Crippen LogP contribution in [0.15, 0.2) is 0 Å². The Morgan fingerprint density at radius 2 is 1.90 bits per heavy atom. The Balaban J connectivity index is 1.82. The molecular weight excluding hydrogens is 280 g/mol. The van der Waals surface area contributed by atoms with Gasteiger partial charge in [-0.1, -0.05) is 19.3 Å². The minimum Gasteiger partial charge on any atom is -0.397 e. The molecule has 2 aliphatic carbocycles. The maximum atomic E-state index is 11.8. The highest BCUT2D eigenvalue weighted by molar-refractivity contribution is 7.18. The Morgan fingerprint density at radius 1 is 1.24 bits per heavy atom. The molecule has 0 radical (unpaired) electrons. The zero-order chi connectivity index (χ0) is 15.0. The Bertz CT molecular complexity index is 527. The fraction of sp³-hybridized carbons (Fsp3) is 0.706. The molecule has 0 bridgehead atoms. The van der Waals surface area contributed by atoms with E-state index < -0.39 is 0 Å². The molecule has 1 aromatic heterocycles. The number of anilines is 2. The van der Waals surface area contributed by atoms with Crippen molar-refractivity contribution in [2.45, 2.75) is 57.8 Å². The van der Waals surface area contributed by atoms with Crippen LogP contribution in [-0.4, -0.2) is 19.4 Å². The van der Waals surface area contributed by atoms with Crippen molar-refractivity contribution in [3.05, 3.63) is 10.4 Å². The molecular formula is C17H26N2OS. The van der Waals surface area contributed by atoms with Crippen molar-refractivity contribution in [2.24, 2.45) is 5.92 Å². The summed E-state index contributed by atoms with van der Waals surface area (Å²) in [5.74, 6) is 1.51. The summed E-state index contributed by atoms with van der Waals surface area (Å²) in [7, 11) is 2.18. The molecule has 21 heavy (non-hydrogen) atoms. The number of nitrogens with zero attached hydrogens (tertiary/aromatic N) is 1. The third-order valence-corrected chi connectivity index (χ3v) is 6.31. The topological polar surface area (TPSA) is 46.3 Å². The minimum absolute atomic E-state index is 0.108. The lowest BCUT2D eigenvalue weighted by Gasteiger charge is -2.28. The van der Waals surface area contributed by atoms with Crippen LogP contribution in [0, 0.1) is 5.92 Å². The average Bonchev–Trinajstić information content (AvgIpc) is 3.22. The second kappa shape index (κ2) is 5.99. The third-order valence-electron chi connectivity index (χ3n) is 4.87. The lowest BCUT2D eigenvalue weighted by molar-refractivity contribution is 0.102. The lowest BCUT2D eigenvalue weighted by atomic mass is 9.89. The van der Waals surface area contributed by atoms with Crippen LogP contribution in [0.2, 0.25) is 0 Å². The fourth-order valence-corrected chi connectivity index (χ4v) is 4.77. The van der Waals surface area contributed by atoms with Crippen LogP contribution in [0.4, 0.5) is 10.7 Å². The summed E-state index contributed by atoms with van der Waals surface area (Å²) in [6.45, 7) is 2.74. The molecule has 0 spiro atoms. The molecule has 116 valence electrons. The van der Waals surface area contributed by atoms with Crippen molar-refractivity contribution >= 4 is 27.8 Å². The quantitative estimate of drug-likeness (QED) is 0.819. The third kappa shape index (κ3) is 3.10. The van der Waals surface area contributed by atoms with E-state index in [4.69, 9.17) is 5.73 Å². The van der Waals surface area contributed by atoms with Gasteiger partial charge in [0.15, 0.2) is 5.78 Å². The van der Waals surface area contributed by atoms with Crippen molar-refractivity contribution in [3.8, 4) is 0 Å². The van der Waals surface area contributed by atoms with Crippen molar-refractivity contribution in [2.75, 3.05) is 24.2 Å². The monoisotopic (exact) mass is 306 g/mol. The van der Waals surface area contributed by atoms with E-state index in [1.54, 1.807) is 18.3 Å². The van der Waals surface area contributed by atoms with E-state index in [0.29, 0.717) is 5.92 Å². The van der Waals surface area contributed by atoms with E-state index in [-0.39, 0.29) is 5.78 Å². The predicted molar refractivity (Wildman–Crippen MR) is 90.6 cm³/mol. The number of carbonyl (C=O) groups excluding carboxylic acids is 1. The second-order valence-electron chi connectivity index (χ2n) is 6.78. The fourth-order valence-electron chi connectivity index (χ4n) is 3.60. The van der Waals surface area contributed by atoms with Crippen LogP contribution in [0.25, 0.3) is 0 Å². The number of nitrogen functional groups attached to an aromatic ring is 1. The van der Waals surface area contributed by atoms with Crippen LogP contribution in [0.1, 0.15) is 73.0 Å². The molecule has 0 amide bonds. The first-order valence-electron chi connectivity index (χ1n) is 8.22. The van der Waals surface area contributed by atoms with Gasteiger partial charge in [-0.2, -0.15) is 0 Å². The van der Waals surface area contributed by atoms with Gasteiger partial charge in [0.05, 0.1) is 15.6 Å². The number of nitrogens with two attached hydrogens (primary N) is 1. The SMILES string of the molecule is CC(=O)c1sc(N(C)CC2CCCCC2)c(C2CC2)c1N. The summed E-state index contributed by atoms with van der Waals surface area (Å²) in [6.07, 6.45) is 9.30. The van der Waals surface area contributed by atoms with Gasteiger partial charge in [-0.3, -0.25) is 4.79 Å². The highest BCUT2D eigenvalue weighted by Gasteiger charge is 2.33. The Kier molecular flexibility index (Phi) is 4.25. The molecule has 1 heterocycles. The van der Waals surface area contributed by atoms with E-state index >= 15 is 0 Å². The van der Waals surface area contributed by atoms with Crippen LogP contribution >= 0.6 is 11.3 Å². The van der Waals surface area contributed by atoms with Crippen LogP contribution < -0.4 is 10.6 Å². The summed E-state index contributed by atoms with van der Waals surface area (Å²) < 4.78 is 0. The first-order valence-corrected chi connectivity index (χ1v) is 9.03. The maximum Gasteiger partial charge on any atom is 0.171 e.